The average Bonchev–Trinajstić information content (AvgIpc) is 2.62. The number of hydrogen-bond donors (Lipinski definition) is 0. The van der Waals surface area contributed by atoms with Gasteiger partial charge in [0.05, 0.1) is 16.9 Å². The lowest BCUT2D eigenvalue weighted by molar-refractivity contribution is 0.112. The van der Waals surface area contributed by atoms with Gasteiger partial charge in [-0.2, -0.15) is 0 Å². The highest BCUT2D eigenvalue weighted by atomic mass is 32.2. The van der Waals surface area contributed by atoms with Crippen molar-refractivity contribution in [3.8, 4) is 5.75 Å². The number of methoxy groups -OCH3 is 1. The van der Waals surface area contributed by atoms with E-state index in [9.17, 15) is 13.2 Å². The Bertz CT molecular complexity index is 864. The van der Waals surface area contributed by atoms with Gasteiger partial charge in [0.2, 0.25) is 9.84 Å². The Morgan fingerprint density at radius 1 is 0.952 bits per heavy atom. The van der Waals surface area contributed by atoms with Gasteiger partial charge in [-0.15, -0.1) is 0 Å². The van der Waals surface area contributed by atoms with Crippen LogP contribution >= 0.6 is 0 Å². The summed E-state index contributed by atoms with van der Waals surface area (Å²) >= 11 is 0. The third-order valence-electron chi connectivity index (χ3n) is 3.41. The largest absolute Gasteiger partial charge is 0.497 e. The van der Waals surface area contributed by atoms with Crippen LogP contribution in [-0.2, 0) is 9.84 Å². The van der Waals surface area contributed by atoms with Crippen LogP contribution in [0.25, 0.3) is 12.2 Å². The first-order valence-corrected chi connectivity index (χ1v) is 7.75. The number of rotatable bonds is 2. The maximum Gasteiger partial charge on any atom is 0.207 e. The van der Waals surface area contributed by atoms with E-state index in [1.165, 1.54) is 19.2 Å². The lowest BCUT2D eigenvalue weighted by Gasteiger charge is -2.09. The van der Waals surface area contributed by atoms with Crippen molar-refractivity contribution < 1.29 is 17.9 Å². The number of benzene rings is 2. The minimum atomic E-state index is -3.67. The van der Waals surface area contributed by atoms with Gasteiger partial charge in [0, 0.05) is 5.56 Å². The predicted molar refractivity (Wildman–Crippen MR) is 79.2 cm³/mol. The normalized spacial score (nSPS) is 14.7. The van der Waals surface area contributed by atoms with Crippen LogP contribution in [-0.4, -0.2) is 21.8 Å². The summed E-state index contributed by atoms with van der Waals surface area (Å²) < 4.78 is 30.7. The smallest absolute Gasteiger partial charge is 0.207 e. The molecule has 0 aliphatic carbocycles. The second kappa shape index (κ2) is 4.86. The zero-order chi connectivity index (χ0) is 15.0. The molecule has 0 N–H and O–H groups in total. The van der Waals surface area contributed by atoms with Crippen molar-refractivity contribution in [2.45, 2.75) is 9.79 Å². The van der Waals surface area contributed by atoms with E-state index in [2.05, 4.69) is 0 Å². The van der Waals surface area contributed by atoms with Crippen LogP contribution in [0.15, 0.2) is 46.2 Å². The van der Waals surface area contributed by atoms with E-state index in [-0.39, 0.29) is 9.79 Å². The monoisotopic (exact) mass is 300 g/mol. The molecular formula is C16H12O4S. The van der Waals surface area contributed by atoms with Crippen molar-refractivity contribution in [2.24, 2.45) is 0 Å². The molecule has 1 aliphatic heterocycles. The zero-order valence-electron chi connectivity index (χ0n) is 11.2. The SMILES string of the molecule is COc1ccc2c(c1)C=Cc1ccc(C=O)cc1S2(=O)=O. The van der Waals surface area contributed by atoms with Gasteiger partial charge in [-0.3, -0.25) is 4.79 Å². The summed E-state index contributed by atoms with van der Waals surface area (Å²) in [5.74, 6) is 0.591. The molecule has 0 amide bonds. The zero-order valence-corrected chi connectivity index (χ0v) is 12.1. The molecule has 1 aliphatic rings. The molecule has 4 nitrogen and oxygen atoms in total. The van der Waals surface area contributed by atoms with Gasteiger partial charge in [-0.25, -0.2) is 8.42 Å². The highest BCUT2D eigenvalue weighted by Crippen LogP contribution is 2.34. The molecule has 0 atom stereocenters. The Balaban J connectivity index is 2.32. The van der Waals surface area contributed by atoms with Crippen LogP contribution in [0.2, 0.25) is 0 Å². The molecule has 2 aromatic carbocycles. The summed E-state index contributed by atoms with van der Waals surface area (Å²) in [6.07, 6.45) is 4.11. The summed E-state index contributed by atoms with van der Waals surface area (Å²) in [7, 11) is -2.14. The van der Waals surface area contributed by atoms with Crippen molar-refractivity contribution in [3.05, 3.63) is 53.1 Å². The van der Waals surface area contributed by atoms with Gasteiger partial charge in [-0.1, -0.05) is 24.3 Å². The Hall–Kier alpha value is -2.40. The van der Waals surface area contributed by atoms with Crippen molar-refractivity contribution in [1.29, 1.82) is 0 Å². The van der Waals surface area contributed by atoms with Gasteiger partial charge >= 0.3 is 0 Å². The fourth-order valence-electron chi connectivity index (χ4n) is 2.32. The lowest BCUT2D eigenvalue weighted by Crippen LogP contribution is -2.05. The van der Waals surface area contributed by atoms with Crippen LogP contribution in [0.1, 0.15) is 21.5 Å². The number of hydrogen-bond acceptors (Lipinski definition) is 4. The molecule has 106 valence electrons. The highest BCUT2D eigenvalue weighted by Gasteiger charge is 2.25. The van der Waals surface area contributed by atoms with Crippen molar-refractivity contribution >= 4 is 28.3 Å². The molecule has 0 unspecified atom stereocenters. The maximum absolute atomic E-state index is 12.8. The minimum absolute atomic E-state index is 0.146. The van der Waals surface area contributed by atoms with Gasteiger partial charge in [0.15, 0.2) is 0 Å². The molecule has 1 heterocycles. The number of ether oxygens (including phenoxy) is 1. The van der Waals surface area contributed by atoms with Crippen LogP contribution < -0.4 is 4.74 Å². The third kappa shape index (κ3) is 2.15. The third-order valence-corrected chi connectivity index (χ3v) is 5.30. The van der Waals surface area contributed by atoms with Crippen LogP contribution in [0.5, 0.6) is 5.75 Å². The standard InChI is InChI=1S/C16H12O4S/c1-20-14-6-7-15-13(9-14)5-4-12-3-2-11(10-17)8-16(12)21(15,18)19/h2-10H,1H3. The molecule has 0 saturated carbocycles. The molecular weight excluding hydrogens is 288 g/mol. The van der Waals surface area contributed by atoms with Crippen molar-refractivity contribution in [2.75, 3.05) is 7.11 Å². The van der Waals surface area contributed by atoms with Crippen molar-refractivity contribution in [1.82, 2.24) is 0 Å². The maximum atomic E-state index is 12.8. The first-order chi connectivity index (χ1) is 10.1. The summed E-state index contributed by atoms with van der Waals surface area (Å²) in [6.45, 7) is 0. The minimum Gasteiger partial charge on any atom is -0.497 e. The van der Waals surface area contributed by atoms with E-state index in [4.69, 9.17) is 4.74 Å². The van der Waals surface area contributed by atoms with E-state index >= 15 is 0 Å². The Morgan fingerprint density at radius 2 is 1.71 bits per heavy atom. The highest BCUT2D eigenvalue weighted by molar-refractivity contribution is 7.91. The summed E-state index contributed by atoms with van der Waals surface area (Å²) in [6, 6.07) is 9.45. The molecule has 2 aromatic rings. The van der Waals surface area contributed by atoms with Crippen LogP contribution in [0.3, 0.4) is 0 Å². The molecule has 0 fully saturated rings. The first kappa shape index (κ1) is 13.6. The lowest BCUT2D eigenvalue weighted by atomic mass is 10.1. The quantitative estimate of drug-likeness (QED) is 0.683. The molecule has 0 spiro atoms. The molecule has 0 radical (unpaired) electrons. The number of carbonyl (C=O) groups excluding carboxylic acids is 1. The van der Waals surface area contributed by atoms with Gasteiger partial charge < -0.3 is 4.74 Å². The Morgan fingerprint density at radius 3 is 2.43 bits per heavy atom. The fraction of sp³-hybridized carbons (Fsp3) is 0.0625. The van der Waals surface area contributed by atoms with E-state index in [1.807, 2.05) is 0 Å². The summed E-state index contributed by atoms with van der Waals surface area (Å²) in [5.41, 5.74) is 1.47. The second-order valence-corrected chi connectivity index (χ2v) is 6.54. The van der Waals surface area contributed by atoms with Gasteiger partial charge in [0.1, 0.15) is 12.0 Å². The van der Waals surface area contributed by atoms with E-state index in [0.717, 1.165) is 0 Å². The van der Waals surface area contributed by atoms with Crippen LogP contribution in [0, 0.1) is 0 Å². The summed E-state index contributed by atoms with van der Waals surface area (Å²) in [5, 5.41) is 0. The van der Waals surface area contributed by atoms with Crippen LogP contribution in [0.4, 0.5) is 0 Å². The Labute approximate surface area is 122 Å². The molecule has 3 rings (SSSR count). The molecule has 5 heteroatoms. The van der Waals surface area contributed by atoms with E-state index < -0.39 is 9.84 Å². The number of carbonyl (C=O) groups is 1. The fourth-order valence-corrected chi connectivity index (χ4v) is 3.98. The summed E-state index contributed by atoms with van der Waals surface area (Å²) in [4.78, 5) is 11.2. The predicted octanol–water partition coefficient (Wildman–Crippen LogP) is 2.82. The average molecular weight is 300 g/mol. The molecule has 0 aromatic heterocycles. The molecule has 0 bridgehead atoms. The topological polar surface area (TPSA) is 60.4 Å². The molecule has 0 saturated heterocycles. The Kier molecular flexibility index (Phi) is 3.14. The van der Waals surface area contributed by atoms with E-state index in [0.29, 0.717) is 28.7 Å². The number of aldehydes is 1. The number of fused-ring (bicyclic) bond motifs is 2. The number of sulfone groups is 1. The second-order valence-electron chi connectivity index (χ2n) is 4.66. The van der Waals surface area contributed by atoms with Crippen molar-refractivity contribution in [3.63, 3.8) is 0 Å². The van der Waals surface area contributed by atoms with E-state index in [1.54, 1.807) is 36.4 Å². The van der Waals surface area contributed by atoms with Gasteiger partial charge in [0.25, 0.3) is 0 Å². The first-order valence-electron chi connectivity index (χ1n) is 6.27. The molecule has 21 heavy (non-hydrogen) atoms. The van der Waals surface area contributed by atoms with Gasteiger partial charge in [-0.05, 0) is 35.4 Å².